The molecular formula is C25H32N4O5. The smallest absolute Gasteiger partial charge is 0.414 e. The van der Waals surface area contributed by atoms with Crippen LogP contribution in [0, 0.1) is 6.92 Å². The number of carboxylic acids is 2. The van der Waals surface area contributed by atoms with Gasteiger partial charge in [-0.15, -0.1) is 0 Å². The Balaban J connectivity index is 0.000000481. The highest BCUT2D eigenvalue weighted by Gasteiger charge is 2.33. The van der Waals surface area contributed by atoms with Gasteiger partial charge in [0.25, 0.3) is 0 Å². The number of aryl methyl sites for hydroxylation is 1. The summed E-state index contributed by atoms with van der Waals surface area (Å²) in [4.78, 5) is 44.8. The van der Waals surface area contributed by atoms with Crippen LogP contribution in [0.2, 0.25) is 0 Å². The Morgan fingerprint density at radius 1 is 0.971 bits per heavy atom. The number of likely N-dealkylation sites (tertiary alicyclic amines) is 1. The maximum absolute atomic E-state index is 13.3. The lowest BCUT2D eigenvalue weighted by atomic mass is 10.00. The van der Waals surface area contributed by atoms with E-state index in [0.717, 1.165) is 37.5 Å². The molecule has 9 nitrogen and oxygen atoms in total. The second-order valence-electron chi connectivity index (χ2n) is 8.79. The van der Waals surface area contributed by atoms with Crippen LogP contribution in [-0.2, 0) is 20.8 Å². The number of piperidine rings is 1. The number of carboxylic acid groups (broad SMARTS) is 2. The van der Waals surface area contributed by atoms with E-state index in [1.165, 1.54) is 31.2 Å². The Morgan fingerprint density at radius 2 is 1.59 bits per heavy atom. The Kier molecular flexibility index (Phi) is 9.09. The van der Waals surface area contributed by atoms with Crippen molar-refractivity contribution in [2.24, 2.45) is 0 Å². The van der Waals surface area contributed by atoms with Gasteiger partial charge in [0, 0.05) is 37.6 Å². The number of aliphatic carboxylic acids is 2. The fraction of sp³-hybridized carbons (Fsp3) is 0.480. The number of aromatic nitrogens is 2. The van der Waals surface area contributed by atoms with Crippen LogP contribution in [0.4, 0.5) is 5.95 Å². The zero-order valence-electron chi connectivity index (χ0n) is 19.5. The number of hydrogen-bond acceptors (Lipinski definition) is 6. The quantitative estimate of drug-likeness (QED) is 0.642. The average molecular weight is 469 g/mol. The molecule has 0 unspecified atom stereocenters. The molecule has 1 saturated carbocycles. The Labute approximate surface area is 199 Å². The molecule has 34 heavy (non-hydrogen) atoms. The summed E-state index contributed by atoms with van der Waals surface area (Å²) < 4.78 is 0. The van der Waals surface area contributed by atoms with Gasteiger partial charge in [-0.25, -0.2) is 19.6 Å². The highest BCUT2D eigenvalue weighted by Crippen LogP contribution is 2.28. The molecule has 2 fully saturated rings. The van der Waals surface area contributed by atoms with Gasteiger partial charge in [0.15, 0.2) is 0 Å². The van der Waals surface area contributed by atoms with Crippen molar-refractivity contribution in [2.45, 2.75) is 64.0 Å². The van der Waals surface area contributed by atoms with E-state index in [-0.39, 0.29) is 11.9 Å². The fourth-order valence-electron chi connectivity index (χ4n) is 4.75. The van der Waals surface area contributed by atoms with Crippen LogP contribution in [0.1, 0.15) is 49.7 Å². The van der Waals surface area contributed by atoms with Crippen molar-refractivity contribution in [3.8, 4) is 0 Å². The third-order valence-corrected chi connectivity index (χ3v) is 6.36. The lowest BCUT2D eigenvalue weighted by Gasteiger charge is -2.40. The minimum absolute atomic E-state index is 0.0936. The molecule has 1 saturated heterocycles. The standard InChI is InChI=1S/C23H30N4O.C2H2O4/c1-18-6-4-7-19(16-18)17-22(28)27(23-24-12-5-13-25-23)21-10-14-26(15-11-21)20-8-2-3-9-20;3-1(4)2(5)6/h4-7,12-13,16,20-21H,2-3,8-11,14-15,17H2,1H3;(H,3,4)(H,5,6). The molecule has 0 radical (unpaired) electrons. The summed E-state index contributed by atoms with van der Waals surface area (Å²) in [5.41, 5.74) is 2.23. The van der Waals surface area contributed by atoms with Crippen molar-refractivity contribution in [1.29, 1.82) is 0 Å². The minimum atomic E-state index is -1.82. The van der Waals surface area contributed by atoms with E-state index in [4.69, 9.17) is 19.8 Å². The Bertz CT molecular complexity index is 958. The van der Waals surface area contributed by atoms with Gasteiger partial charge in [-0.2, -0.15) is 0 Å². The number of nitrogens with zero attached hydrogens (tertiary/aromatic N) is 4. The number of benzene rings is 1. The van der Waals surface area contributed by atoms with Gasteiger partial charge >= 0.3 is 11.9 Å². The van der Waals surface area contributed by atoms with Gasteiger partial charge in [-0.1, -0.05) is 42.7 Å². The molecule has 2 heterocycles. The Morgan fingerprint density at radius 3 is 2.15 bits per heavy atom. The first-order valence-electron chi connectivity index (χ1n) is 11.7. The molecule has 4 rings (SSSR count). The van der Waals surface area contributed by atoms with E-state index in [1.54, 1.807) is 18.5 Å². The van der Waals surface area contributed by atoms with Crippen LogP contribution >= 0.6 is 0 Å². The predicted molar refractivity (Wildman–Crippen MR) is 127 cm³/mol. The third kappa shape index (κ3) is 7.08. The van der Waals surface area contributed by atoms with Crippen LogP contribution in [0.3, 0.4) is 0 Å². The number of amides is 1. The van der Waals surface area contributed by atoms with E-state index in [9.17, 15) is 4.79 Å². The van der Waals surface area contributed by atoms with Gasteiger partial charge in [0.05, 0.1) is 6.42 Å². The van der Waals surface area contributed by atoms with Gasteiger partial charge < -0.3 is 15.1 Å². The second-order valence-corrected chi connectivity index (χ2v) is 8.79. The lowest BCUT2D eigenvalue weighted by Crippen LogP contribution is -2.50. The third-order valence-electron chi connectivity index (χ3n) is 6.36. The number of carbonyl (C=O) groups excluding carboxylic acids is 1. The van der Waals surface area contributed by atoms with E-state index < -0.39 is 11.9 Å². The van der Waals surface area contributed by atoms with Crippen LogP contribution in [0.15, 0.2) is 42.7 Å². The monoisotopic (exact) mass is 468 g/mol. The van der Waals surface area contributed by atoms with Gasteiger partial charge in [0.1, 0.15) is 0 Å². The Hall–Kier alpha value is -3.33. The molecule has 1 aliphatic carbocycles. The molecule has 1 aliphatic heterocycles. The van der Waals surface area contributed by atoms with Crippen LogP contribution < -0.4 is 4.90 Å². The second kappa shape index (κ2) is 12.2. The first-order valence-corrected chi connectivity index (χ1v) is 11.7. The van der Waals surface area contributed by atoms with Crippen LogP contribution in [0.25, 0.3) is 0 Å². The largest absolute Gasteiger partial charge is 0.473 e. The zero-order valence-corrected chi connectivity index (χ0v) is 19.5. The molecule has 0 bridgehead atoms. The van der Waals surface area contributed by atoms with Gasteiger partial charge in [-0.3, -0.25) is 9.69 Å². The topological polar surface area (TPSA) is 124 Å². The molecule has 0 spiro atoms. The number of anilines is 1. The molecule has 1 aromatic heterocycles. The van der Waals surface area contributed by atoms with Gasteiger partial charge in [0.2, 0.25) is 11.9 Å². The van der Waals surface area contributed by atoms with Crippen molar-refractivity contribution < 1.29 is 24.6 Å². The first kappa shape index (κ1) is 25.3. The van der Waals surface area contributed by atoms with Crippen molar-refractivity contribution in [3.63, 3.8) is 0 Å². The molecule has 2 N–H and O–H groups in total. The van der Waals surface area contributed by atoms with Crippen LogP contribution in [0.5, 0.6) is 0 Å². The maximum atomic E-state index is 13.3. The van der Waals surface area contributed by atoms with E-state index in [1.807, 2.05) is 17.0 Å². The molecule has 1 aromatic carbocycles. The predicted octanol–water partition coefficient (Wildman–Crippen LogP) is 2.92. The molecule has 9 heteroatoms. The number of hydrogen-bond donors (Lipinski definition) is 2. The summed E-state index contributed by atoms with van der Waals surface area (Å²) in [6.07, 6.45) is 11.2. The SMILES string of the molecule is Cc1cccc(CC(=O)N(c2ncccn2)C2CCN(C3CCCC3)CC2)c1.O=C(O)C(=O)O. The lowest BCUT2D eigenvalue weighted by molar-refractivity contribution is -0.159. The number of rotatable bonds is 5. The minimum Gasteiger partial charge on any atom is -0.473 e. The number of carbonyl (C=O) groups is 3. The molecular weight excluding hydrogens is 436 g/mol. The summed E-state index contributed by atoms with van der Waals surface area (Å²) >= 11 is 0. The highest BCUT2D eigenvalue weighted by molar-refractivity contribution is 6.27. The fourth-order valence-corrected chi connectivity index (χ4v) is 4.75. The average Bonchev–Trinajstić information content (AvgIpc) is 3.36. The summed E-state index contributed by atoms with van der Waals surface area (Å²) in [6, 6.07) is 10.9. The van der Waals surface area contributed by atoms with E-state index in [2.05, 4.69) is 33.9 Å². The van der Waals surface area contributed by atoms with E-state index >= 15 is 0 Å². The highest BCUT2D eigenvalue weighted by atomic mass is 16.4. The maximum Gasteiger partial charge on any atom is 0.414 e. The molecule has 2 aliphatic rings. The zero-order chi connectivity index (χ0) is 24.5. The van der Waals surface area contributed by atoms with Crippen molar-refractivity contribution in [1.82, 2.24) is 14.9 Å². The first-order chi connectivity index (χ1) is 16.3. The van der Waals surface area contributed by atoms with Crippen molar-refractivity contribution >= 4 is 23.8 Å². The molecule has 0 atom stereocenters. The molecule has 1 amide bonds. The molecule has 2 aromatic rings. The summed E-state index contributed by atoms with van der Waals surface area (Å²) in [7, 11) is 0. The van der Waals surface area contributed by atoms with Crippen molar-refractivity contribution in [2.75, 3.05) is 18.0 Å². The normalized spacial score (nSPS) is 17.0. The van der Waals surface area contributed by atoms with Crippen LogP contribution in [-0.4, -0.2) is 68.1 Å². The van der Waals surface area contributed by atoms with Gasteiger partial charge in [-0.05, 0) is 44.2 Å². The molecule has 182 valence electrons. The summed E-state index contributed by atoms with van der Waals surface area (Å²) in [5, 5.41) is 14.8. The summed E-state index contributed by atoms with van der Waals surface area (Å²) in [5.74, 6) is -3.01. The summed E-state index contributed by atoms with van der Waals surface area (Å²) in [6.45, 7) is 4.19. The van der Waals surface area contributed by atoms with E-state index in [0.29, 0.717) is 12.4 Å². The van der Waals surface area contributed by atoms with Crippen molar-refractivity contribution in [3.05, 3.63) is 53.9 Å².